The molecule has 1 amide bonds. The highest BCUT2D eigenvalue weighted by Crippen LogP contribution is 2.25. The first-order valence-corrected chi connectivity index (χ1v) is 8.26. The van der Waals surface area contributed by atoms with E-state index < -0.39 is 5.25 Å². The zero-order chi connectivity index (χ0) is 17.8. The van der Waals surface area contributed by atoms with Crippen LogP contribution in [0.1, 0.15) is 6.92 Å². The van der Waals surface area contributed by atoms with E-state index in [0.717, 1.165) is 5.56 Å². The number of hydrogen-bond acceptors (Lipinski definition) is 6. The van der Waals surface area contributed by atoms with Gasteiger partial charge in [-0.1, -0.05) is 11.8 Å². The fraction of sp³-hybridized carbons (Fsp3) is 0.125. The number of nitrogen functional groups attached to an aromatic ring is 1. The number of pyridine rings is 1. The topological polar surface area (TPSA) is 98.7 Å². The molecule has 0 radical (unpaired) electrons. The van der Waals surface area contributed by atoms with E-state index in [-0.39, 0.29) is 11.7 Å². The Bertz CT molecular complexity index is 868. The van der Waals surface area contributed by atoms with Crippen molar-refractivity contribution in [2.45, 2.75) is 17.3 Å². The van der Waals surface area contributed by atoms with E-state index in [1.165, 1.54) is 40.7 Å². The molecule has 0 aliphatic carbocycles. The second-order valence-corrected chi connectivity index (χ2v) is 6.48. The lowest BCUT2D eigenvalue weighted by Gasteiger charge is -2.11. The Kier molecular flexibility index (Phi) is 4.94. The maximum atomic E-state index is 12.9. The molecule has 0 aliphatic heterocycles. The Morgan fingerprint density at radius 1 is 1.28 bits per heavy atom. The molecule has 2 aromatic heterocycles. The number of carbonyl (C=O) groups excluding carboxylic acids is 1. The highest BCUT2D eigenvalue weighted by molar-refractivity contribution is 8.00. The van der Waals surface area contributed by atoms with Crippen LogP contribution < -0.4 is 11.2 Å². The first-order valence-electron chi connectivity index (χ1n) is 7.38. The maximum absolute atomic E-state index is 12.9. The molecule has 1 atom stereocenters. The van der Waals surface area contributed by atoms with E-state index in [1.807, 2.05) is 6.07 Å². The van der Waals surface area contributed by atoms with Crippen molar-refractivity contribution in [3.63, 3.8) is 0 Å². The third kappa shape index (κ3) is 3.94. The number of hydrogen-bond donors (Lipinski definition) is 2. The summed E-state index contributed by atoms with van der Waals surface area (Å²) in [4.78, 5) is 16.3. The van der Waals surface area contributed by atoms with E-state index in [0.29, 0.717) is 16.7 Å². The molecule has 9 heteroatoms. The fourth-order valence-electron chi connectivity index (χ4n) is 2.04. The van der Waals surface area contributed by atoms with Crippen LogP contribution in [0.3, 0.4) is 0 Å². The van der Waals surface area contributed by atoms with Gasteiger partial charge in [0.2, 0.25) is 11.1 Å². The lowest BCUT2D eigenvalue weighted by molar-refractivity contribution is -0.115. The highest BCUT2D eigenvalue weighted by Gasteiger charge is 2.20. The Morgan fingerprint density at radius 3 is 2.72 bits per heavy atom. The summed E-state index contributed by atoms with van der Waals surface area (Å²) in [6.45, 7) is 1.72. The molecule has 3 rings (SSSR count). The van der Waals surface area contributed by atoms with E-state index in [1.54, 1.807) is 25.4 Å². The Morgan fingerprint density at radius 2 is 2.04 bits per heavy atom. The number of carbonyl (C=O) groups is 1. The molecule has 0 saturated heterocycles. The zero-order valence-corrected chi connectivity index (χ0v) is 14.1. The summed E-state index contributed by atoms with van der Waals surface area (Å²) in [5, 5.41) is 10.7. The minimum Gasteiger partial charge on any atom is -0.335 e. The molecule has 0 aliphatic rings. The van der Waals surface area contributed by atoms with Crippen LogP contribution in [0.4, 0.5) is 10.1 Å². The number of benzene rings is 1. The molecule has 0 saturated carbocycles. The van der Waals surface area contributed by atoms with Crippen molar-refractivity contribution < 1.29 is 9.18 Å². The normalized spacial score (nSPS) is 11.9. The van der Waals surface area contributed by atoms with Gasteiger partial charge in [-0.15, -0.1) is 10.2 Å². The largest absolute Gasteiger partial charge is 0.335 e. The summed E-state index contributed by atoms with van der Waals surface area (Å²) < 4.78 is 14.2. The zero-order valence-electron chi connectivity index (χ0n) is 13.3. The van der Waals surface area contributed by atoms with Gasteiger partial charge in [-0.2, -0.15) is 0 Å². The number of nitrogens with two attached hydrogens (primary N) is 1. The molecule has 2 heterocycles. The van der Waals surface area contributed by atoms with Gasteiger partial charge in [0.1, 0.15) is 5.82 Å². The molecule has 7 nitrogen and oxygen atoms in total. The van der Waals surface area contributed by atoms with Gasteiger partial charge in [0.25, 0.3) is 0 Å². The minimum atomic E-state index is -0.474. The van der Waals surface area contributed by atoms with Crippen molar-refractivity contribution >= 4 is 23.4 Å². The van der Waals surface area contributed by atoms with Gasteiger partial charge in [-0.3, -0.25) is 9.78 Å². The van der Waals surface area contributed by atoms with Crippen LogP contribution in [-0.2, 0) is 4.79 Å². The van der Waals surface area contributed by atoms with E-state index in [2.05, 4.69) is 20.5 Å². The van der Waals surface area contributed by atoms with Crippen molar-refractivity contribution in [2.75, 3.05) is 11.2 Å². The summed E-state index contributed by atoms with van der Waals surface area (Å²) in [5.41, 5.74) is 1.25. The van der Waals surface area contributed by atoms with Crippen molar-refractivity contribution in [2.24, 2.45) is 0 Å². The van der Waals surface area contributed by atoms with Crippen LogP contribution in [0, 0.1) is 5.82 Å². The third-order valence-corrected chi connectivity index (χ3v) is 4.40. The first kappa shape index (κ1) is 16.9. The monoisotopic (exact) mass is 358 g/mol. The second kappa shape index (κ2) is 7.31. The summed E-state index contributed by atoms with van der Waals surface area (Å²) in [5.74, 6) is 5.87. The quantitative estimate of drug-likeness (QED) is 0.536. The molecule has 0 spiro atoms. The van der Waals surface area contributed by atoms with Crippen molar-refractivity contribution in [1.82, 2.24) is 19.9 Å². The molecule has 1 aromatic carbocycles. The van der Waals surface area contributed by atoms with Crippen LogP contribution in [-0.4, -0.2) is 31.0 Å². The fourth-order valence-corrected chi connectivity index (χ4v) is 2.81. The predicted molar refractivity (Wildman–Crippen MR) is 93.8 cm³/mol. The molecule has 3 N–H and O–H groups in total. The highest BCUT2D eigenvalue weighted by atomic mass is 32.2. The lowest BCUT2D eigenvalue weighted by Crippen LogP contribution is -2.23. The summed E-state index contributed by atoms with van der Waals surface area (Å²) in [6, 6.07) is 9.15. The minimum absolute atomic E-state index is 0.248. The molecule has 0 fully saturated rings. The van der Waals surface area contributed by atoms with Gasteiger partial charge < -0.3 is 11.2 Å². The SMILES string of the molecule is C[C@H](Sc1nnc(-c2cccnc2)n1N)C(=O)Nc1ccc(F)cc1. The molecule has 128 valence electrons. The van der Waals surface area contributed by atoms with E-state index >= 15 is 0 Å². The van der Waals surface area contributed by atoms with Gasteiger partial charge in [0, 0.05) is 23.6 Å². The van der Waals surface area contributed by atoms with Gasteiger partial charge >= 0.3 is 0 Å². The molecular weight excluding hydrogens is 343 g/mol. The van der Waals surface area contributed by atoms with Crippen LogP contribution in [0.15, 0.2) is 53.9 Å². The maximum Gasteiger partial charge on any atom is 0.237 e. The summed E-state index contributed by atoms with van der Waals surface area (Å²) in [7, 11) is 0. The van der Waals surface area contributed by atoms with Crippen LogP contribution in [0.25, 0.3) is 11.4 Å². The van der Waals surface area contributed by atoms with Crippen LogP contribution >= 0.6 is 11.8 Å². The predicted octanol–water partition coefficient (Wildman–Crippen LogP) is 2.31. The number of aromatic nitrogens is 4. The molecule has 25 heavy (non-hydrogen) atoms. The summed E-state index contributed by atoms with van der Waals surface area (Å²) >= 11 is 1.17. The molecule has 0 bridgehead atoms. The number of halogens is 1. The molecular formula is C16H15FN6OS. The number of thioether (sulfide) groups is 1. The number of nitrogens with zero attached hydrogens (tertiary/aromatic N) is 4. The molecule has 3 aromatic rings. The van der Waals surface area contributed by atoms with Crippen molar-refractivity contribution in [3.8, 4) is 11.4 Å². The van der Waals surface area contributed by atoms with Gasteiger partial charge in [0.05, 0.1) is 5.25 Å². The molecule has 0 unspecified atom stereocenters. The number of anilines is 1. The average Bonchev–Trinajstić information content (AvgIpc) is 2.98. The average molecular weight is 358 g/mol. The number of rotatable bonds is 5. The standard InChI is InChI=1S/C16H15FN6OS/c1-10(15(24)20-13-6-4-12(17)5-7-13)25-16-22-21-14(23(16)18)11-3-2-8-19-9-11/h2-10H,18H2,1H3,(H,20,24)/t10-/m0/s1. The number of amides is 1. The lowest BCUT2D eigenvalue weighted by atomic mass is 10.3. The van der Waals surface area contributed by atoms with Gasteiger partial charge in [0.15, 0.2) is 5.82 Å². The Hall–Kier alpha value is -2.94. The Labute approximate surface area is 147 Å². The first-order chi connectivity index (χ1) is 12.0. The third-order valence-electron chi connectivity index (χ3n) is 3.35. The Balaban J connectivity index is 1.68. The van der Waals surface area contributed by atoms with Crippen molar-refractivity contribution in [3.05, 3.63) is 54.6 Å². The summed E-state index contributed by atoms with van der Waals surface area (Å²) in [6.07, 6.45) is 3.28. The van der Waals surface area contributed by atoms with E-state index in [4.69, 9.17) is 5.84 Å². The van der Waals surface area contributed by atoms with E-state index in [9.17, 15) is 9.18 Å². The number of nitrogens with one attached hydrogen (secondary N) is 1. The second-order valence-electron chi connectivity index (χ2n) is 5.17. The van der Waals surface area contributed by atoms with Gasteiger partial charge in [-0.05, 0) is 43.3 Å². The van der Waals surface area contributed by atoms with Crippen LogP contribution in [0.2, 0.25) is 0 Å². The van der Waals surface area contributed by atoms with Crippen molar-refractivity contribution in [1.29, 1.82) is 0 Å². The van der Waals surface area contributed by atoms with Crippen LogP contribution in [0.5, 0.6) is 0 Å². The van der Waals surface area contributed by atoms with Gasteiger partial charge in [-0.25, -0.2) is 9.07 Å². The smallest absolute Gasteiger partial charge is 0.237 e.